The zero-order valence-corrected chi connectivity index (χ0v) is 20.4. The fourth-order valence-corrected chi connectivity index (χ4v) is 3.22. The van der Waals surface area contributed by atoms with Crippen LogP contribution in [0.15, 0.2) is 36.5 Å². The molecule has 8 nitrogen and oxygen atoms in total. The van der Waals surface area contributed by atoms with Crippen LogP contribution in [0, 0.1) is 18.6 Å². The number of methoxy groups -OCH3 is 2. The molecule has 0 aliphatic rings. The summed E-state index contributed by atoms with van der Waals surface area (Å²) in [6, 6.07) is 2.34. The average Bonchev–Trinajstić information content (AvgIpc) is 2.85. The van der Waals surface area contributed by atoms with Crippen LogP contribution in [0.5, 0.6) is 23.0 Å². The fourth-order valence-electron chi connectivity index (χ4n) is 3.22. The molecule has 3 aromatic rings. The molecule has 0 aliphatic heterocycles. The topological polar surface area (TPSA) is 96.0 Å². The number of aryl methyl sites for hydroxylation is 1. The average molecular weight is 580 g/mol. The van der Waals surface area contributed by atoms with E-state index in [1.807, 2.05) is 0 Å². The van der Waals surface area contributed by atoms with Gasteiger partial charge in [-0.1, -0.05) is 0 Å². The van der Waals surface area contributed by atoms with E-state index in [1.165, 1.54) is 6.92 Å². The Labute approximate surface area is 219 Å². The second kappa shape index (κ2) is 11.2. The molecule has 1 amide bonds. The van der Waals surface area contributed by atoms with E-state index in [0.717, 1.165) is 26.5 Å². The van der Waals surface area contributed by atoms with E-state index in [4.69, 9.17) is 4.74 Å². The van der Waals surface area contributed by atoms with E-state index >= 15 is 0 Å². The van der Waals surface area contributed by atoms with Crippen molar-refractivity contribution in [1.29, 1.82) is 0 Å². The number of hydrogen-bond acceptors (Lipinski definition) is 7. The van der Waals surface area contributed by atoms with Gasteiger partial charge in [-0.25, -0.2) is 14.2 Å². The largest absolute Gasteiger partial charge is 0.573 e. The Hall–Kier alpha value is -4.63. The lowest BCUT2D eigenvalue weighted by atomic mass is 10.1. The lowest BCUT2D eigenvalue weighted by Gasteiger charge is -2.18. The van der Waals surface area contributed by atoms with E-state index in [-0.39, 0.29) is 29.1 Å². The summed E-state index contributed by atoms with van der Waals surface area (Å²) >= 11 is 0. The van der Waals surface area contributed by atoms with Crippen LogP contribution in [0.4, 0.5) is 40.8 Å². The van der Waals surface area contributed by atoms with Crippen LogP contribution in [0.3, 0.4) is 0 Å². The molecule has 0 saturated heterocycles. The van der Waals surface area contributed by atoms with Gasteiger partial charge < -0.3 is 24.3 Å². The van der Waals surface area contributed by atoms with Crippen molar-refractivity contribution < 1.29 is 63.7 Å². The van der Waals surface area contributed by atoms with Crippen molar-refractivity contribution in [1.82, 2.24) is 4.98 Å². The molecule has 214 valence electrons. The first kappa shape index (κ1) is 29.9. The number of pyridine rings is 1. The number of aromatic nitrogens is 1. The molecule has 0 radical (unpaired) electrons. The third-order valence-corrected chi connectivity index (χ3v) is 5.03. The molecule has 40 heavy (non-hydrogen) atoms. The molecule has 0 unspecified atom stereocenters. The summed E-state index contributed by atoms with van der Waals surface area (Å²) in [4.78, 5) is 28.6. The number of nitrogens with one attached hydrogen (secondary N) is 1. The smallest absolute Gasteiger partial charge is 0.490 e. The zero-order chi connectivity index (χ0) is 30.0. The number of esters is 1. The van der Waals surface area contributed by atoms with Gasteiger partial charge in [0.1, 0.15) is 22.8 Å². The Morgan fingerprint density at radius 1 is 0.925 bits per heavy atom. The van der Waals surface area contributed by atoms with Gasteiger partial charge in [0.15, 0.2) is 11.5 Å². The number of ether oxygens (including phenoxy) is 4. The molecule has 2 aromatic carbocycles. The molecule has 3 rings (SSSR count). The number of halogens is 8. The lowest BCUT2D eigenvalue weighted by molar-refractivity contribution is -0.275. The maximum atomic E-state index is 15.0. The molecule has 0 spiro atoms. The number of carbonyl (C=O) groups is 2. The van der Waals surface area contributed by atoms with Crippen molar-refractivity contribution in [3.05, 3.63) is 70.5 Å². The normalized spacial score (nSPS) is 11.6. The van der Waals surface area contributed by atoms with Gasteiger partial charge in [0, 0.05) is 11.9 Å². The number of alkyl halides is 6. The van der Waals surface area contributed by atoms with Gasteiger partial charge >= 0.3 is 18.5 Å². The predicted octanol–water partition coefficient (Wildman–Crippen LogP) is 6.43. The maximum Gasteiger partial charge on any atom is 0.573 e. The van der Waals surface area contributed by atoms with Crippen LogP contribution in [-0.4, -0.2) is 37.4 Å². The summed E-state index contributed by atoms with van der Waals surface area (Å²) in [7, 11) is 1.86. The maximum absolute atomic E-state index is 15.0. The van der Waals surface area contributed by atoms with Gasteiger partial charge in [0.25, 0.3) is 5.91 Å². The quantitative estimate of drug-likeness (QED) is 0.254. The number of benzene rings is 2. The van der Waals surface area contributed by atoms with Gasteiger partial charge in [0.05, 0.1) is 19.8 Å². The number of rotatable bonds is 7. The third kappa shape index (κ3) is 6.68. The molecular weight excluding hydrogens is 564 g/mol. The summed E-state index contributed by atoms with van der Waals surface area (Å²) in [5, 5.41) is 2.21. The van der Waals surface area contributed by atoms with Crippen LogP contribution in [0.2, 0.25) is 0 Å². The molecule has 0 bridgehead atoms. The van der Waals surface area contributed by atoms with E-state index in [1.54, 1.807) is 0 Å². The van der Waals surface area contributed by atoms with Crippen LogP contribution in [-0.2, 0) is 10.9 Å². The molecular formula is C24H16F8N2O6. The number of carbonyl (C=O) groups excluding carboxylic acids is 2. The Morgan fingerprint density at radius 2 is 1.57 bits per heavy atom. The van der Waals surface area contributed by atoms with Gasteiger partial charge in [-0.2, -0.15) is 17.6 Å². The minimum absolute atomic E-state index is 0.000851. The molecule has 0 saturated carbocycles. The van der Waals surface area contributed by atoms with Crippen molar-refractivity contribution in [3.8, 4) is 23.0 Å². The van der Waals surface area contributed by atoms with Crippen molar-refractivity contribution in [2.75, 3.05) is 19.5 Å². The number of amides is 1. The van der Waals surface area contributed by atoms with Gasteiger partial charge in [-0.3, -0.25) is 4.79 Å². The van der Waals surface area contributed by atoms with Crippen LogP contribution >= 0.6 is 0 Å². The molecule has 1 aromatic heterocycles. The standard InChI is InChI=1S/C24H16F8N2O6/c1-10-9-33-14(22(36)38-3)8-13(10)34-21(35)18-12(25)6-11(23(27,28)29)7-17(18)39-16-5-4-15(40-24(30,31)32)19(26)20(16)37-2/h4-9H,1-3H3,(H,33,34,35). The molecule has 0 fully saturated rings. The molecule has 0 aliphatic carbocycles. The van der Waals surface area contributed by atoms with E-state index in [2.05, 4.69) is 24.5 Å². The number of hydrogen-bond donors (Lipinski definition) is 1. The Balaban J connectivity index is 2.12. The Morgan fingerprint density at radius 3 is 2.15 bits per heavy atom. The summed E-state index contributed by atoms with van der Waals surface area (Å²) in [6.45, 7) is 1.43. The van der Waals surface area contributed by atoms with Crippen molar-refractivity contribution in [2.24, 2.45) is 0 Å². The summed E-state index contributed by atoms with van der Waals surface area (Å²) in [6.07, 6.45) is -9.28. The van der Waals surface area contributed by atoms with Crippen molar-refractivity contribution >= 4 is 17.6 Å². The lowest BCUT2D eigenvalue weighted by Crippen LogP contribution is -2.19. The second-order valence-electron chi connectivity index (χ2n) is 7.72. The SMILES string of the molecule is COC(=O)c1cc(NC(=O)c2c(F)cc(C(F)(F)F)cc2Oc2ccc(OC(F)(F)F)c(F)c2OC)c(C)cn1. The monoisotopic (exact) mass is 580 g/mol. The van der Waals surface area contributed by atoms with E-state index in [9.17, 15) is 44.7 Å². The highest BCUT2D eigenvalue weighted by Gasteiger charge is 2.36. The minimum Gasteiger partial charge on any atom is -0.490 e. The first-order chi connectivity index (χ1) is 18.6. The molecule has 16 heteroatoms. The fraction of sp³-hybridized carbons (Fsp3) is 0.208. The summed E-state index contributed by atoms with van der Waals surface area (Å²) in [5.41, 5.74) is -2.85. The van der Waals surface area contributed by atoms with Gasteiger partial charge in [-0.05, 0) is 42.8 Å². The molecule has 1 N–H and O–H groups in total. The van der Waals surface area contributed by atoms with Gasteiger partial charge in [0.2, 0.25) is 11.6 Å². The van der Waals surface area contributed by atoms with Crippen LogP contribution < -0.4 is 19.5 Å². The van der Waals surface area contributed by atoms with Crippen molar-refractivity contribution in [2.45, 2.75) is 19.5 Å². The van der Waals surface area contributed by atoms with E-state index in [0.29, 0.717) is 12.1 Å². The van der Waals surface area contributed by atoms with Gasteiger partial charge in [-0.15, -0.1) is 13.2 Å². The van der Waals surface area contributed by atoms with E-state index < -0.39 is 70.2 Å². The summed E-state index contributed by atoms with van der Waals surface area (Å²) < 4.78 is 125. The highest BCUT2D eigenvalue weighted by molar-refractivity contribution is 6.07. The molecule has 1 heterocycles. The summed E-state index contributed by atoms with van der Waals surface area (Å²) in [5.74, 6) is -10.1. The Bertz CT molecular complexity index is 1460. The highest BCUT2D eigenvalue weighted by atomic mass is 19.4. The van der Waals surface area contributed by atoms with Crippen LogP contribution in [0.1, 0.15) is 32.0 Å². The number of nitrogens with zero attached hydrogens (tertiary/aromatic N) is 1. The minimum atomic E-state index is -5.30. The first-order valence-corrected chi connectivity index (χ1v) is 10.6. The predicted molar refractivity (Wildman–Crippen MR) is 119 cm³/mol. The first-order valence-electron chi connectivity index (χ1n) is 10.6. The number of anilines is 1. The van der Waals surface area contributed by atoms with Crippen LogP contribution in [0.25, 0.3) is 0 Å². The Kier molecular flexibility index (Phi) is 8.40. The third-order valence-electron chi connectivity index (χ3n) is 5.03. The highest BCUT2D eigenvalue weighted by Crippen LogP contribution is 2.42. The van der Waals surface area contributed by atoms with Crippen molar-refractivity contribution in [3.63, 3.8) is 0 Å². The second-order valence-corrected chi connectivity index (χ2v) is 7.72. The molecule has 0 atom stereocenters. The zero-order valence-electron chi connectivity index (χ0n) is 20.4.